The van der Waals surface area contributed by atoms with E-state index in [2.05, 4.69) is 4.98 Å². The van der Waals surface area contributed by atoms with Crippen LogP contribution in [0.5, 0.6) is 0 Å². The highest BCUT2D eigenvalue weighted by atomic mass is 16.5. The lowest BCUT2D eigenvalue weighted by Gasteiger charge is -2.04. The van der Waals surface area contributed by atoms with Gasteiger partial charge < -0.3 is 9.84 Å². The van der Waals surface area contributed by atoms with Crippen molar-refractivity contribution in [1.82, 2.24) is 4.98 Å². The number of rotatable bonds is 3. The van der Waals surface area contributed by atoms with Crippen LogP contribution in [0.3, 0.4) is 0 Å². The topological polar surface area (TPSA) is 59.4 Å². The molecule has 4 heteroatoms. The van der Waals surface area contributed by atoms with Crippen LogP contribution in [0, 0.1) is 0 Å². The number of carbonyl (C=O) groups is 1. The van der Waals surface area contributed by atoms with Gasteiger partial charge in [0.05, 0.1) is 13.2 Å². The minimum Gasteiger partial charge on any atom is -0.461 e. The van der Waals surface area contributed by atoms with Crippen LogP contribution in [0.15, 0.2) is 18.3 Å². The van der Waals surface area contributed by atoms with Gasteiger partial charge in [0.25, 0.3) is 0 Å². The lowest BCUT2D eigenvalue weighted by atomic mass is 10.2. The zero-order valence-electron chi connectivity index (χ0n) is 7.36. The summed E-state index contributed by atoms with van der Waals surface area (Å²) >= 11 is 0. The molecule has 0 fully saturated rings. The van der Waals surface area contributed by atoms with E-state index in [1.165, 1.54) is 6.20 Å². The molecule has 0 atom stereocenters. The third kappa shape index (κ3) is 2.26. The van der Waals surface area contributed by atoms with Gasteiger partial charge in [-0.25, -0.2) is 9.78 Å². The molecule has 0 bridgehead atoms. The summed E-state index contributed by atoms with van der Waals surface area (Å²) in [5.41, 5.74) is 0.674. The smallest absolute Gasteiger partial charge is 0.357 e. The molecular weight excluding hydrogens is 170 g/mol. The van der Waals surface area contributed by atoms with Crippen LogP contribution in [0.4, 0.5) is 0 Å². The first-order valence-electron chi connectivity index (χ1n) is 4.01. The van der Waals surface area contributed by atoms with E-state index in [1.54, 1.807) is 19.1 Å². The molecule has 1 rings (SSSR count). The van der Waals surface area contributed by atoms with E-state index in [1.807, 2.05) is 0 Å². The molecule has 13 heavy (non-hydrogen) atoms. The Morgan fingerprint density at radius 2 is 2.46 bits per heavy atom. The third-order valence-electron chi connectivity index (χ3n) is 1.53. The molecule has 70 valence electrons. The van der Waals surface area contributed by atoms with E-state index in [-0.39, 0.29) is 12.3 Å². The summed E-state index contributed by atoms with van der Waals surface area (Å²) in [4.78, 5) is 15.1. The van der Waals surface area contributed by atoms with Gasteiger partial charge in [-0.1, -0.05) is 6.07 Å². The number of nitrogens with zero attached hydrogens (tertiary/aromatic N) is 1. The van der Waals surface area contributed by atoms with Gasteiger partial charge in [-0.05, 0) is 13.0 Å². The largest absolute Gasteiger partial charge is 0.461 e. The fraction of sp³-hybridized carbons (Fsp3) is 0.333. The molecule has 0 spiro atoms. The summed E-state index contributed by atoms with van der Waals surface area (Å²) in [6.45, 7) is 1.82. The second-order valence-corrected chi connectivity index (χ2v) is 2.39. The highest BCUT2D eigenvalue weighted by Crippen LogP contribution is 2.06. The number of hydrogen-bond donors (Lipinski definition) is 1. The van der Waals surface area contributed by atoms with Crippen LogP contribution in [-0.4, -0.2) is 22.7 Å². The van der Waals surface area contributed by atoms with Gasteiger partial charge in [-0.3, -0.25) is 0 Å². The summed E-state index contributed by atoms with van der Waals surface area (Å²) in [6, 6.07) is 3.30. The van der Waals surface area contributed by atoms with E-state index in [0.717, 1.165) is 0 Å². The summed E-state index contributed by atoms with van der Waals surface area (Å²) < 4.78 is 4.76. The molecule has 0 aliphatic rings. The highest BCUT2D eigenvalue weighted by Gasteiger charge is 2.12. The van der Waals surface area contributed by atoms with Crippen molar-refractivity contribution in [2.45, 2.75) is 13.5 Å². The number of aliphatic hydroxyl groups is 1. The first-order chi connectivity index (χ1) is 6.29. The Bertz CT molecular complexity index is 299. The number of ether oxygens (including phenoxy) is 1. The second-order valence-electron chi connectivity index (χ2n) is 2.39. The number of aromatic nitrogens is 1. The van der Waals surface area contributed by atoms with Crippen molar-refractivity contribution in [2.75, 3.05) is 6.61 Å². The number of hydrogen-bond acceptors (Lipinski definition) is 4. The predicted octanol–water partition coefficient (Wildman–Crippen LogP) is 0.751. The van der Waals surface area contributed by atoms with Crippen LogP contribution in [0.2, 0.25) is 0 Å². The molecule has 0 unspecified atom stereocenters. The van der Waals surface area contributed by atoms with Crippen molar-refractivity contribution < 1.29 is 14.6 Å². The number of esters is 1. The molecule has 0 aromatic carbocycles. The molecule has 0 aliphatic carbocycles. The molecule has 1 aromatic heterocycles. The Kier molecular flexibility index (Phi) is 3.40. The normalized spacial score (nSPS) is 9.69. The zero-order chi connectivity index (χ0) is 9.68. The summed E-state index contributed by atoms with van der Waals surface area (Å²) in [7, 11) is 0. The Hall–Kier alpha value is -1.42. The molecule has 1 N–H and O–H groups in total. The molecule has 0 saturated carbocycles. The van der Waals surface area contributed by atoms with E-state index in [9.17, 15) is 4.79 Å². The quantitative estimate of drug-likeness (QED) is 0.699. The number of pyridine rings is 1. The third-order valence-corrected chi connectivity index (χ3v) is 1.53. The molecule has 0 aliphatic heterocycles. The molecule has 1 aromatic rings. The van der Waals surface area contributed by atoms with Gasteiger partial charge in [0, 0.05) is 11.8 Å². The van der Waals surface area contributed by atoms with Gasteiger partial charge in [-0.15, -0.1) is 0 Å². The lowest BCUT2D eigenvalue weighted by molar-refractivity contribution is 0.0515. The Labute approximate surface area is 76.2 Å². The monoisotopic (exact) mass is 181 g/mol. The fourth-order valence-corrected chi connectivity index (χ4v) is 0.949. The summed E-state index contributed by atoms with van der Waals surface area (Å²) in [5, 5.41) is 8.89. The zero-order valence-corrected chi connectivity index (χ0v) is 7.36. The SMILES string of the molecule is CCOC(=O)c1ncccc1CO. The molecular formula is C9H11NO3. The first kappa shape index (κ1) is 9.67. The highest BCUT2D eigenvalue weighted by molar-refractivity contribution is 5.88. The van der Waals surface area contributed by atoms with Gasteiger partial charge in [-0.2, -0.15) is 0 Å². The maximum atomic E-state index is 11.2. The van der Waals surface area contributed by atoms with E-state index in [4.69, 9.17) is 9.84 Å². The van der Waals surface area contributed by atoms with Crippen LogP contribution < -0.4 is 0 Å². The van der Waals surface area contributed by atoms with Crippen molar-refractivity contribution in [1.29, 1.82) is 0 Å². The minimum absolute atomic E-state index is 0.187. The van der Waals surface area contributed by atoms with E-state index in [0.29, 0.717) is 12.2 Å². The average Bonchev–Trinajstić information content (AvgIpc) is 2.18. The van der Waals surface area contributed by atoms with Crippen molar-refractivity contribution in [3.8, 4) is 0 Å². The van der Waals surface area contributed by atoms with Crippen molar-refractivity contribution in [3.63, 3.8) is 0 Å². The Morgan fingerprint density at radius 1 is 1.69 bits per heavy atom. The molecule has 0 saturated heterocycles. The Balaban J connectivity index is 2.92. The van der Waals surface area contributed by atoms with Crippen LogP contribution in [0.25, 0.3) is 0 Å². The predicted molar refractivity (Wildman–Crippen MR) is 46.1 cm³/mol. The molecule has 4 nitrogen and oxygen atoms in total. The van der Waals surface area contributed by atoms with E-state index < -0.39 is 5.97 Å². The molecule has 0 radical (unpaired) electrons. The van der Waals surface area contributed by atoms with Crippen LogP contribution in [-0.2, 0) is 11.3 Å². The van der Waals surface area contributed by atoms with E-state index >= 15 is 0 Å². The second kappa shape index (κ2) is 4.57. The Morgan fingerprint density at radius 3 is 3.08 bits per heavy atom. The average molecular weight is 181 g/mol. The number of carbonyl (C=O) groups excluding carboxylic acids is 1. The van der Waals surface area contributed by atoms with Crippen molar-refractivity contribution >= 4 is 5.97 Å². The first-order valence-corrected chi connectivity index (χ1v) is 4.01. The maximum absolute atomic E-state index is 11.2. The minimum atomic E-state index is -0.493. The lowest BCUT2D eigenvalue weighted by Crippen LogP contribution is -2.10. The number of aliphatic hydroxyl groups excluding tert-OH is 1. The summed E-state index contributed by atoms with van der Waals surface area (Å²) in [6.07, 6.45) is 1.49. The van der Waals surface area contributed by atoms with Gasteiger partial charge in [0.2, 0.25) is 0 Å². The maximum Gasteiger partial charge on any atom is 0.357 e. The molecule has 1 heterocycles. The molecule has 0 amide bonds. The van der Waals surface area contributed by atoms with Crippen molar-refractivity contribution in [2.24, 2.45) is 0 Å². The van der Waals surface area contributed by atoms with Crippen molar-refractivity contribution in [3.05, 3.63) is 29.6 Å². The van der Waals surface area contributed by atoms with Crippen LogP contribution >= 0.6 is 0 Å². The summed E-state index contributed by atoms with van der Waals surface area (Å²) in [5.74, 6) is -0.493. The van der Waals surface area contributed by atoms with Gasteiger partial charge >= 0.3 is 5.97 Å². The van der Waals surface area contributed by atoms with Gasteiger partial charge in [0.15, 0.2) is 5.69 Å². The fourth-order valence-electron chi connectivity index (χ4n) is 0.949. The standard InChI is InChI=1S/C9H11NO3/c1-2-13-9(12)8-7(6-11)4-3-5-10-8/h3-5,11H,2,6H2,1H3. The van der Waals surface area contributed by atoms with Gasteiger partial charge in [0.1, 0.15) is 0 Å². The van der Waals surface area contributed by atoms with Crippen LogP contribution in [0.1, 0.15) is 23.0 Å².